The van der Waals surface area contributed by atoms with E-state index >= 15 is 0 Å². The standard InChI is InChI=1S/C21H25N5O3/c1-12-5-4-6-14(9-12)23-19-18-13(11-22-20(18)27)10-17(26-19)24-15-7-2-3-8-16(15)25-21(28)29/h4-6,9-10,15-16,25H,2-3,7-8,11H2,1H3,(H,22,27)(H,28,29)(H2,23,24,26)/t15-,16?/m1/s1. The molecule has 1 aliphatic heterocycles. The van der Waals surface area contributed by atoms with Crippen molar-refractivity contribution in [2.75, 3.05) is 10.6 Å². The molecule has 1 aromatic carbocycles. The quantitative estimate of drug-likeness (QED) is 0.530. The summed E-state index contributed by atoms with van der Waals surface area (Å²) < 4.78 is 0. The lowest BCUT2D eigenvalue weighted by Gasteiger charge is -2.32. The highest BCUT2D eigenvalue weighted by atomic mass is 16.4. The van der Waals surface area contributed by atoms with Gasteiger partial charge in [0.25, 0.3) is 5.91 Å². The molecule has 2 aromatic rings. The number of benzene rings is 1. The molecule has 0 radical (unpaired) electrons. The molecule has 8 nitrogen and oxygen atoms in total. The lowest BCUT2D eigenvalue weighted by atomic mass is 9.90. The van der Waals surface area contributed by atoms with E-state index in [0.29, 0.717) is 23.7 Å². The third-order valence-corrected chi connectivity index (χ3v) is 5.46. The first-order valence-electron chi connectivity index (χ1n) is 9.91. The SMILES string of the molecule is Cc1cccc(Nc2nc(N[C@@H]3CCCCC3NC(=O)O)cc3c2C(=O)NC3)c1. The Hall–Kier alpha value is -3.29. The van der Waals surface area contributed by atoms with E-state index in [-0.39, 0.29) is 18.0 Å². The Kier molecular flexibility index (Phi) is 5.24. The number of rotatable bonds is 5. The summed E-state index contributed by atoms with van der Waals surface area (Å²) in [5, 5.41) is 21.3. The molecule has 2 aliphatic rings. The zero-order chi connectivity index (χ0) is 20.4. The fraction of sp³-hybridized carbons (Fsp3) is 0.381. The lowest BCUT2D eigenvalue weighted by Crippen LogP contribution is -2.48. The van der Waals surface area contributed by atoms with E-state index < -0.39 is 6.09 Å². The molecule has 1 unspecified atom stereocenters. The number of carboxylic acid groups (broad SMARTS) is 1. The van der Waals surface area contributed by atoms with Crippen LogP contribution < -0.4 is 21.3 Å². The lowest BCUT2D eigenvalue weighted by molar-refractivity contribution is 0.0966. The molecule has 2 atom stereocenters. The average molecular weight is 395 g/mol. The van der Waals surface area contributed by atoms with Crippen molar-refractivity contribution in [2.45, 2.75) is 51.2 Å². The van der Waals surface area contributed by atoms with Gasteiger partial charge in [0.2, 0.25) is 0 Å². The molecule has 152 valence electrons. The Morgan fingerprint density at radius 3 is 2.76 bits per heavy atom. The molecular formula is C21H25N5O3. The van der Waals surface area contributed by atoms with Crippen LogP contribution in [0.15, 0.2) is 30.3 Å². The van der Waals surface area contributed by atoms with Gasteiger partial charge in [-0.25, -0.2) is 9.78 Å². The summed E-state index contributed by atoms with van der Waals surface area (Å²) in [6, 6.07) is 9.56. The highest BCUT2D eigenvalue weighted by Gasteiger charge is 2.29. The Labute approximate surface area is 169 Å². The zero-order valence-electron chi connectivity index (χ0n) is 16.3. The van der Waals surface area contributed by atoms with Crippen molar-refractivity contribution in [3.8, 4) is 0 Å². The third kappa shape index (κ3) is 4.26. The maximum Gasteiger partial charge on any atom is 0.404 e. The van der Waals surface area contributed by atoms with Gasteiger partial charge >= 0.3 is 6.09 Å². The van der Waals surface area contributed by atoms with E-state index in [0.717, 1.165) is 42.5 Å². The molecule has 4 rings (SSSR count). The first-order chi connectivity index (χ1) is 14.0. The van der Waals surface area contributed by atoms with Gasteiger partial charge in [0.15, 0.2) is 0 Å². The van der Waals surface area contributed by atoms with Crippen LogP contribution in [0.3, 0.4) is 0 Å². The summed E-state index contributed by atoms with van der Waals surface area (Å²) >= 11 is 0. The molecule has 1 aromatic heterocycles. The summed E-state index contributed by atoms with van der Waals surface area (Å²) in [7, 11) is 0. The zero-order valence-corrected chi connectivity index (χ0v) is 16.3. The highest BCUT2D eigenvalue weighted by molar-refractivity contribution is 6.03. The number of amides is 2. The van der Waals surface area contributed by atoms with Gasteiger partial charge in [0, 0.05) is 18.3 Å². The number of carbonyl (C=O) groups is 2. The predicted octanol–water partition coefficient (Wildman–Crippen LogP) is 3.37. The molecule has 0 bridgehead atoms. The van der Waals surface area contributed by atoms with Crippen LogP contribution in [0.4, 0.5) is 22.1 Å². The minimum absolute atomic E-state index is 0.0396. The van der Waals surface area contributed by atoms with Crippen molar-refractivity contribution in [1.29, 1.82) is 0 Å². The second-order valence-electron chi connectivity index (χ2n) is 7.66. The van der Waals surface area contributed by atoms with Crippen LogP contribution in [0.25, 0.3) is 0 Å². The van der Waals surface area contributed by atoms with Crippen LogP contribution in [0.2, 0.25) is 0 Å². The monoisotopic (exact) mass is 395 g/mol. The van der Waals surface area contributed by atoms with Crippen molar-refractivity contribution < 1.29 is 14.7 Å². The van der Waals surface area contributed by atoms with E-state index in [9.17, 15) is 9.59 Å². The number of nitrogens with zero attached hydrogens (tertiary/aromatic N) is 1. The number of fused-ring (bicyclic) bond motifs is 1. The molecule has 1 aliphatic carbocycles. The average Bonchev–Trinajstić information content (AvgIpc) is 3.04. The summed E-state index contributed by atoms with van der Waals surface area (Å²) in [4.78, 5) is 28.1. The number of aromatic nitrogens is 1. The maximum absolute atomic E-state index is 12.3. The number of hydrogen-bond donors (Lipinski definition) is 5. The van der Waals surface area contributed by atoms with Crippen molar-refractivity contribution in [1.82, 2.24) is 15.6 Å². The fourth-order valence-corrected chi connectivity index (χ4v) is 4.10. The van der Waals surface area contributed by atoms with Crippen LogP contribution in [-0.2, 0) is 6.54 Å². The van der Waals surface area contributed by atoms with Gasteiger partial charge in [-0.15, -0.1) is 0 Å². The van der Waals surface area contributed by atoms with E-state index in [1.807, 2.05) is 37.3 Å². The minimum Gasteiger partial charge on any atom is -0.465 e. The van der Waals surface area contributed by atoms with Gasteiger partial charge in [0.1, 0.15) is 11.6 Å². The summed E-state index contributed by atoms with van der Waals surface area (Å²) in [5.41, 5.74) is 3.40. The number of carbonyl (C=O) groups excluding carboxylic acids is 1. The minimum atomic E-state index is -1.01. The Morgan fingerprint density at radius 1 is 1.21 bits per heavy atom. The number of aryl methyl sites for hydroxylation is 1. The van der Waals surface area contributed by atoms with Crippen molar-refractivity contribution in [2.24, 2.45) is 0 Å². The molecular weight excluding hydrogens is 370 g/mol. The number of anilines is 3. The summed E-state index contributed by atoms with van der Waals surface area (Å²) in [5.74, 6) is 1.00. The molecule has 2 amide bonds. The van der Waals surface area contributed by atoms with Crippen molar-refractivity contribution in [3.05, 3.63) is 47.0 Å². The van der Waals surface area contributed by atoms with Gasteiger partial charge in [-0.2, -0.15) is 0 Å². The second kappa shape index (κ2) is 7.98. The Bertz CT molecular complexity index is 946. The molecule has 2 heterocycles. The first-order valence-corrected chi connectivity index (χ1v) is 9.91. The van der Waals surface area contributed by atoms with E-state index in [1.54, 1.807) is 0 Å². The largest absolute Gasteiger partial charge is 0.465 e. The summed E-state index contributed by atoms with van der Waals surface area (Å²) in [6.07, 6.45) is 2.68. The highest BCUT2D eigenvalue weighted by Crippen LogP contribution is 2.30. The molecule has 8 heteroatoms. The smallest absolute Gasteiger partial charge is 0.404 e. The van der Waals surface area contributed by atoms with E-state index in [1.165, 1.54) is 0 Å². The number of hydrogen-bond acceptors (Lipinski definition) is 5. The van der Waals surface area contributed by atoms with Crippen LogP contribution >= 0.6 is 0 Å². The van der Waals surface area contributed by atoms with Crippen LogP contribution in [0.1, 0.15) is 47.2 Å². The molecule has 1 saturated carbocycles. The molecule has 0 saturated heterocycles. The third-order valence-electron chi connectivity index (χ3n) is 5.46. The van der Waals surface area contributed by atoms with Crippen molar-refractivity contribution >= 4 is 29.3 Å². The van der Waals surface area contributed by atoms with Crippen LogP contribution in [0.5, 0.6) is 0 Å². The first kappa shape index (κ1) is 19.0. The number of nitrogens with one attached hydrogen (secondary N) is 4. The normalized spacial score (nSPS) is 20.5. The molecule has 1 fully saturated rings. The maximum atomic E-state index is 12.3. The summed E-state index contributed by atoms with van der Waals surface area (Å²) in [6.45, 7) is 2.46. The van der Waals surface area contributed by atoms with E-state index in [4.69, 9.17) is 5.11 Å². The van der Waals surface area contributed by atoms with E-state index in [2.05, 4.69) is 26.3 Å². The second-order valence-corrected chi connectivity index (χ2v) is 7.66. The fourth-order valence-electron chi connectivity index (χ4n) is 4.10. The topological polar surface area (TPSA) is 115 Å². The molecule has 0 spiro atoms. The molecule has 5 N–H and O–H groups in total. The number of pyridine rings is 1. The van der Waals surface area contributed by atoms with Crippen LogP contribution in [0, 0.1) is 6.92 Å². The van der Waals surface area contributed by atoms with Gasteiger partial charge in [0.05, 0.1) is 11.6 Å². The van der Waals surface area contributed by atoms with Crippen molar-refractivity contribution in [3.63, 3.8) is 0 Å². The van der Waals surface area contributed by atoms with Crippen LogP contribution in [-0.4, -0.2) is 34.2 Å². The predicted molar refractivity (Wildman–Crippen MR) is 111 cm³/mol. The van der Waals surface area contributed by atoms with Gasteiger partial charge < -0.3 is 26.4 Å². The van der Waals surface area contributed by atoms with Gasteiger partial charge in [-0.05, 0) is 49.1 Å². The Balaban J connectivity index is 1.62. The van der Waals surface area contributed by atoms with Gasteiger partial charge in [-0.3, -0.25) is 4.79 Å². The Morgan fingerprint density at radius 2 is 2.00 bits per heavy atom. The van der Waals surface area contributed by atoms with Gasteiger partial charge in [-0.1, -0.05) is 25.0 Å². The molecule has 29 heavy (non-hydrogen) atoms.